The maximum atomic E-state index is 12.9. The Morgan fingerprint density at radius 3 is 2.67 bits per heavy atom. The molecule has 1 aromatic heterocycles. The molecule has 0 saturated heterocycles. The molecule has 2 atom stereocenters. The molecule has 1 amide bonds. The molecule has 1 aliphatic rings. The summed E-state index contributed by atoms with van der Waals surface area (Å²) in [6.45, 7) is 3.28. The number of halogens is 2. The molecule has 0 aliphatic heterocycles. The molecule has 3 rings (SSSR count). The van der Waals surface area contributed by atoms with Crippen molar-refractivity contribution < 1.29 is 4.79 Å². The maximum Gasteiger partial charge on any atom is 0.227 e. The van der Waals surface area contributed by atoms with E-state index >= 15 is 0 Å². The van der Waals surface area contributed by atoms with Gasteiger partial charge in [0.1, 0.15) is 5.82 Å². The molecule has 2 aromatic rings. The van der Waals surface area contributed by atoms with Crippen LogP contribution < -0.4 is 5.73 Å². The summed E-state index contributed by atoms with van der Waals surface area (Å²) in [6, 6.07) is 10.3. The summed E-state index contributed by atoms with van der Waals surface area (Å²) in [5, 5.41) is 0. The lowest BCUT2D eigenvalue weighted by Crippen LogP contribution is -2.53. The first kappa shape index (κ1) is 23.5. The van der Waals surface area contributed by atoms with Crippen LogP contribution in [0.15, 0.2) is 42.7 Å². The molecule has 7 heteroatoms. The Balaban J connectivity index is 0.00000182. The highest BCUT2D eigenvalue weighted by Crippen LogP contribution is 2.32. The van der Waals surface area contributed by atoms with E-state index in [9.17, 15) is 4.79 Å². The highest BCUT2D eigenvalue weighted by molar-refractivity contribution is 5.85. The van der Waals surface area contributed by atoms with Crippen LogP contribution in [0.3, 0.4) is 0 Å². The first-order valence-corrected chi connectivity index (χ1v) is 9.05. The fraction of sp³-hybridized carbons (Fsp3) is 0.500. The number of carbonyl (C=O) groups is 1. The van der Waals surface area contributed by atoms with Crippen molar-refractivity contribution >= 4 is 30.7 Å². The molecule has 1 fully saturated rings. The zero-order chi connectivity index (χ0) is 17.9. The van der Waals surface area contributed by atoms with Gasteiger partial charge in [0, 0.05) is 31.5 Å². The fourth-order valence-electron chi connectivity index (χ4n) is 3.74. The summed E-state index contributed by atoms with van der Waals surface area (Å²) in [7, 11) is 1.86. The van der Waals surface area contributed by atoms with E-state index in [1.807, 2.05) is 38.4 Å². The van der Waals surface area contributed by atoms with Crippen molar-refractivity contribution in [2.24, 2.45) is 11.7 Å². The topological polar surface area (TPSA) is 64.2 Å². The number of imidazole rings is 1. The number of carbonyl (C=O) groups excluding carboxylic acids is 1. The van der Waals surface area contributed by atoms with Crippen LogP contribution in [0, 0.1) is 5.92 Å². The van der Waals surface area contributed by atoms with Gasteiger partial charge in [0.25, 0.3) is 0 Å². The number of rotatable bonds is 5. The minimum absolute atomic E-state index is 0. The van der Waals surface area contributed by atoms with E-state index in [1.165, 1.54) is 5.56 Å². The van der Waals surface area contributed by atoms with Crippen molar-refractivity contribution in [1.29, 1.82) is 0 Å². The van der Waals surface area contributed by atoms with Crippen LogP contribution in [-0.4, -0.2) is 32.9 Å². The Hall–Kier alpha value is -1.56. The lowest BCUT2D eigenvalue weighted by atomic mass is 9.74. The van der Waals surface area contributed by atoms with Gasteiger partial charge in [-0.3, -0.25) is 4.79 Å². The second-order valence-corrected chi connectivity index (χ2v) is 7.46. The lowest BCUT2D eigenvalue weighted by Gasteiger charge is -2.39. The van der Waals surface area contributed by atoms with Gasteiger partial charge in [0.2, 0.25) is 5.91 Å². The molecule has 1 aromatic carbocycles. The predicted octanol–water partition coefficient (Wildman–Crippen LogP) is 3.64. The van der Waals surface area contributed by atoms with Gasteiger partial charge in [-0.2, -0.15) is 0 Å². The van der Waals surface area contributed by atoms with Crippen LogP contribution in [0.25, 0.3) is 0 Å². The van der Waals surface area contributed by atoms with Crippen LogP contribution >= 0.6 is 24.8 Å². The molecule has 2 unspecified atom stereocenters. The van der Waals surface area contributed by atoms with E-state index in [2.05, 4.69) is 21.7 Å². The average Bonchev–Trinajstić information content (AvgIpc) is 3.01. The summed E-state index contributed by atoms with van der Waals surface area (Å²) in [5.41, 5.74) is 7.22. The molecule has 150 valence electrons. The zero-order valence-electron chi connectivity index (χ0n) is 16.0. The number of hydrogen-bond donors (Lipinski definition) is 1. The monoisotopic (exact) mass is 412 g/mol. The van der Waals surface area contributed by atoms with E-state index < -0.39 is 5.54 Å². The third-order valence-electron chi connectivity index (χ3n) is 5.30. The van der Waals surface area contributed by atoms with E-state index in [0.717, 1.165) is 38.1 Å². The standard InChI is InChI=1S/C20H28N4O.2ClH/c1-20(21)11-7-6-10-17(20)19(25)23(2)15-18-22-12-13-24(18)14-16-8-4-3-5-9-16;;/h3-5,8-9,12-13,17H,6-7,10-11,14-15,21H2,1-2H3;2*1H. The molecule has 2 N–H and O–H groups in total. The summed E-state index contributed by atoms with van der Waals surface area (Å²) in [6.07, 6.45) is 7.76. The summed E-state index contributed by atoms with van der Waals surface area (Å²) >= 11 is 0. The van der Waals surface area contributed by atoms with Crippen molar-refractivity contribution in [3.63, 3.8) is 0 Å². The first-order chi connectivity index (χ1) is 12.0. The number of nitrogens with two attached hydrogens (primary N) is 1. The molecule has 0 spiro atoms. The number of benzene rings is 1. The Kier molecular flexibility index (Phi) is 8.79. The number of amides is 1. The van der Waals surface area contributed by atoms with Crippen LogP contribution in [-0.2, 0) is 17.9 Å². The quantitative estimate of drug-likeness (QED) is 0.814. The minimum atomic E-state index is -0.400. The Morgan fingerprint density at radius 1 is 1.30 bits per heavy atom. The van der Waals surface area contributed by atoms with Gasteiger partial charge in [-0.05, 0) is 25.3 Å². The lowest BCUT2D eigenvalue weighted by molar-refractivity contribution is -0.138. The van der Waals surface area contributed by atoms with Crippen LogP contribution in [0.4, 0.5) is 0 Å². The number of nitrogens with zero attached hydrogens (tertiary/aromatic N) is 3. The number of aromatic nitrogens is 2. The smallest absolute Gasteiger partial charge is 0.227 e. The molecular formula is C20H30Cl2N4O. The van der Waals surface area contributed by atoms with Gasteiger partial charge in [-0.1, -0.05) is 43.2 Å². The SMILES string of the molecule is CN(Cc1nccn1Cc1ccccc1)C(=O)C1CCCCC1(C)N.Cl.Cl. The Labute approximate surface area is 174 Å². The van der Waals surface area contributed by atoms with Gasteiger partial charge >= 0.3 is 0 Å². The van der Waals surface area contributed by atoms with Crippen molar-refractivity contribution in [2.45, 2.75) is 51.2 Å². The summed E-state index contributed by atoms with van der Waals surface area (Å²) in [4.78, 5) is 19.2. The van der Waals surface area contributed by atoms with Crippen molar-refractivity contribution in [2.75, 3.05) is 7.05 Å². The molecule has 1 saturated carbocycles. The largest absolute Gasteiger partial charge is 0.338 e. The van der Waals surface area contributed by atoms with Crippen molar-refractivity contribution in [3.05, 3.63) is 54.1 Å². The third kappa shape index (κ3) is 5.71. The van der Waals surface area contributed by atoms with Crippen LogP contribution in [0.1, 0.15) is 44.0 Å². The normalized spacial score (nSPS) is 21.7. The molecule has 5 nitrogen and oxygen atoms in total. The molecule has 0 bridgehead atoms. The van der Waals surface area contributed by atoms with Crippen molar-refractivity contribution in [3.8, 4) is 0 Å². The summed E-state index contributed by atoms with van der Waals surface area (Å²) < 4.78 is 2.10. The van der Waals surface area contributed by atoms with Gasteiger partial charge in [0.05, 0.1) is 12.5 Å². The molecule has 27 heavy (non-hydrogen) atoms. The highest BCUT2D eigenvalue weighted by Gasteiger charge is 2.39. The van der Waals surface area contributed by atoms with E-state index in [1.54, 1.807) is 11.1 Å². The maximum absolute atomic E-state index is 12.9. The van der Waals surface area contributed by atoms with Gasteiger partial charge in [-0.25, -0.2) is 4.98 Å². The van der Waals surface area contributed by atoms with Gasteiger partial charge in [-0.15, -0.1) is 24.8 Å². The number of hydrogen-bond acceptors (Lipinski definition) is 3. The van der Waals surface area contributed by atoms with Crippen LogP contribution in [0.2, 0.25) is 0 Å². The molecular weight excluding hydrogens is 383 g/mol. The highest BCUT2D eigenvalue weighted by atomic mass is 35.5. The van der Waals surface area contributed by atoms with Gasteiger partial charge < -0.3 is 15.2 Å². The average molecular weight is 413 g/mol. The Bertz CT molecular complexity index is 718. The first-order valence-electron chi connectivity index (χ1n) is 9.05. The molecule has 1 heterocycles. The van der Waals surface area contributed by atoms with Crippen LogP contribution in [0.5, 0.6) is 0 Å². The minimum Gasteiger partial charge on any atom is -0.338 e. The van der Waals surface area contributed by atoms with E-state index in [4.69, 9.17) is 5.73 Å². The fourth-order valence-corrected chi connectivity index (χ4v) is 3.74. The van der Waals surface area contributed by atoms with E-state index in [-0.39, 0.29) is 36.6 Å². The van der Waals surface area contributed by atoms with Crippen molar-refractivity contribution in [1.82, 2.24) is 14.5 Å². The predicted molar refractivity (Wildman–Crippen MR) is 113 cm³/mol. The second-order valence-electron chi connectivity index (χ2n) is 7.46. The second kappa shape index (κ2) is 10.1. The zero-order valence-corrected chi connectivity index (χ0v) is 17.6. The third-order valence-corrected chi connectivity index (χ3v) is 5.30. The van der Waals surface area contributed by atoms with Gasteiger partial charge in [0.15, 0.2) is 0 Å². The molecule has 1 aliphatic carbocycles. The summed E-state index contributed by atoms with van der Waals surface area (Å²) in [5.74, 6) is 0.942. The molecule has 0 radical (unpaired) electrons. The Morgan fingerprint density at radius 2 is 2.00 bits per heavy atom. The van der Waals surface area contributed by atoms with E-state index in [0.29, 0.717) is 6.54 Å².